The topological polar surface area (TPSA) is 17.1 Å². The quantitative estimate of drug-likeness (QED) is 0.606. The van der Waals surface area contributed by atoms with Crippen LogP contribution in [0.2, 0.25) is 5.02 Å². The van der Waals surface area contributed by atoms with E-state index in [0.717, 1.165) is 18.4 Å². The SMILES string of the molecule is O=C(c1ccc(Cl)cc1)C(Br)C1CC1. The van der Waals surface area contributed by atoms with Crippen LogP contribution in [0.3, 0.4) is 0 Å². The van der Waals surface area contributed by atoms with Crippen molar-refractivity contribution < 1.29 is 4.79 Å². The normalized spacial score (nSPS) is 17.9. The summed E-state index contributed by atoms with van der Waals surface area (Å²) in [6, 6.07) is 7.06. The Morgan fingerprint density at radius 1 is 1.36 bits per heavy atom. The Morgan fingerprint density at radius 3 is 2.43 bits per heavy atom. The highest BCUT2D eigenvalue weighted by Crippen LogP contribution is 2.38. The lowest BCUT2D eigenvalue weighted by atomic mass is 10.1. The summed E-state index contributed by atoms with van der Waals surface area (Å²) in [5.41, 5.74) is 0.739. The maximum absolute atomic E-state index is 11.8. The van der Waals surface area contributed by atoms with E-state index in [-0.39, 0.29) is 10.6 Å². The van der Waals surface area contributed by atoms with Crippen LogP contribution in [0.4, 0.5) is 0 Å². The third kappa shape index (κ3) is 2.18. The highest BCUT2D eigenvalue weighted by atomic mass is 79.9. The Kier molecular flexibility index (Phi) is 2.93. The molecule has 0 amide bonds. The van der Waals surface area contributed by atoms with Gasteiger partial charge in [0.15, 0.2) is 5.78 Å². The predicted molar refractivity (Wildman–Crippen MR) is 61.2 cm³/mol. The second-order valence-corrected chi connectivity index (χ2v) is 5.03. The number of Topliss-reactive ketones (excluding diaryl/α,β-unsaturated/α-hetero) is 1. The highest BCUT2D eigenvalue weighted by Gasteiger charge is 2.34. The number of carbonyl (C=O) groups is 1. The van der Waals surface area contributed by atoms with E-state index in [1.54, 1.807) is 24.3 Å². The summed E-state index contributed by atoms with van der Waals surface area (Å²) in [5.74, 6) is 0.711. The van der Waals surface area contributed by atoms with E-state index < -0.39 is 0 Å². The van der Waals surface area contributed by atoms with Crippen LogP contribution in [0.1, 0.15) is 23.2 Å². The monoisotopic (exact) mass is 272 g/mol. The van der Waals surface area contributed by atoms with Gasteiger partial charge in [-0.15, -0.1) is 0 Å². The molecule has 0 radical (unpaired) electrons. The highest BCUT2D eigenvalue weighted by molar-refractivity contribution is 9.10. The van der Waals surface area contributed by atoms with Gasteiger partial charge < -0.3 is 0 Å². The number of hydrogen-bond acceptors (Lipinski definition) is 1. The zero-order chi connectivity index (χ0) is 10.1. The van der Waals surface area contributed by atoms with Gasteiger partial charge in [0, 0.05) is 10.6 Å². The molecule has 1 aliphatic rings. The fraction of sp³-hybridized carbons (Fsp3) is 0.364. The van der Waals surface area contributed by atoms with Gasteiger partial charge >= 0.3 is 0 Å². The molecule has 0 heterocycles. The van der Waals surface area contributed by atoms with E-state index in [2.05, 4.69) is 15.9 Å². The lowest BCUT2D eigenvalue weighted by Crippen LogP contribution is -2.15. The molecule has 0 aromatic heterocycles. The van der Waals surface area contributed by atoms with E-state index in [1.165, 1.54) is 0 Å². The number of benzene rings is 1. The third-order valence-electron chi connectivity index (χ3n) is 2.42. The van der Waals surface area contributed by atoms with Gasteiger partial charge in [-0.05, 0) is 43.0 Å². The Balaban J connectivity index is 2.13. The fourth-order valence-corrected chi connectivity index (χ4v) is 2.30. The molecule has 0 aliphatic heterocycles. The number of rotatable bonds is 3. The predicted octanol–water partition coefficient (Wildman–Crippen LogP) is 3.70. The standard InChI is InChI=1S/C11H10BrClO/c12-10(7-1-2-7)11(14)8-3-5-9(13)6-4-8/h3-7,10H,1-2H2. The summed E-state index contributed by atoms with van der Waals surface area (Å²) in [6.45, 7) is 0. The fourth-order valence-electron chi connectivity index (χ4n) is 1.38. The Bertz CT molecular complexity index is 343. The second kappa shape index (κ2) is 4.03. The molecule has 1 aromatic rings. The summed E-state index contributed by atoms with van der Waals surface area (Å²) in [5, 5.41) is 0.666. The van der Waals surface area contributed by atoms with E-state index in [1.807, 2.05) is 0 Å². The van der Waals surface area contributed by atoms with Crippen LogP contribution < -0.4 is 0 Å². The van der Waals surface area contributed by atoms with Crippen LogP contribution >= 0.6 is 27.5 Å². The molecule has 1 aromatic carbocycles. The van der Waals surface area contributed by atoms with Gasteiger partial charge in [-0.25, -0.2) is 0 Å². The smallest absolute Gasteiger partial charge is 0.176 e. The average molecular weight is 274 g/mol. The molecule has 1 unspecified atom stereocenters. The first kappa shape index (κ1) is 10.2. The van der Waals surface area contributed by atoms with Crippen molar-refractivity contribution in [1.82, 2.24) is 0 Å². The number of carbonyl (C=O) groups excluding carboxylic acids is 1. The van der Waals surface area contributed by atoms with Gasteiger partial charge in [-0.2, -0.15) is 0 Å². The third-order valence-corrected chi connectivity index (χ3v) is 3.83. The van der Waals surface area contributed by atoms with Crippen LogP contribution in [-0.4, -0.2) is 10.6 Å². The number of alkyl halides is 1. The molecule has 1 aliphatic carbocycles. The van der Waals surface area contributed by atoms with E-state index in [4.69, 9.17) is 11.6 Å². The van der Waals surface area contributed by atoms with Gasteiger partial charge in [0.25, 0.3) is 0 Å². The van der Waals surface area contributed by atoms with Crippen molar-refractivity contribution in [3.05, 3.63) is 34.9 Å². The van der Waals surface area contributed by atoms with E-state index >= 15 is 0 Å². The molecule has 1 fully saturated rings. The lowest BCUT2D eigenvalue weighted by molar-refractivity contribution is 0.0985. The van der Waals surface area contributed by atoms with Crippen molar-refractivity contribution in [3.8, 4) is 0 Å². The van der Waals surface area contributed by atoms with Gasteiger partial charge in [0.2, 0.25) is 0 Å². The van der Waals surface area contributed by atoms with Crippen LogP contribution in [0.15, 0.2) is 24.3 Å². The van der Waals surface area contributed by atoms with Gasteiger partial charge in [-0.3, -0.25) is 4.79 Å². The summed E-state index contributed by atoms with van der Waals surface area (Å²) in [7, 11) is 0. The second-order valence-electron chi connectivity index (χ2n) is 3.61. The molecule has 0 saturated heterocycles. The number of halogens is 2. The van der Waals surface area contributed by atoms with Crippen LogP contribution in [0, 0.1) is 5.92 Å². The summed E-state index contributed by atoms with van der Waals surface area (Å²) in [6.07, 6.45) is 2.32. The zero-order valence-corrected chi connectivity index (χ0v) is 9.88. The molecular weight excluding hydrogens is 263 g/mol. The Hall–Kier alpha value is -0.340. The molecule has 74 valence electrons. The maximum Gasteiger partial charge on any atom is 0.176 e. The molecule has 0 spiro atoms. The molecule has 1 atom stereocenters. The first-order valence-electron chi connectivity index (χ1n) is 4.62. The van der Waals surface area contributed by atoms with Crippen LogP contribution in [0.5, 0.6) is 0 Å². The first-order chi connectivity index (χ1) is 6.68. The van der Waals surface area contributed by atoms with Crippen molar-refractivity contribution in [1.29, 1.82) is 0 Å². The maximum atomic E-state index is 11.8. The minimum absolute atomic E-state index is 0.0105. The first-order valence-corrected chi connectivity index (χ1v) is 5.91. The van der Waals surface area contributed by atoms with Gasteiger partial charge in [-0.1, -0.05) is 27.5 Å². The largest absolute Gasteiger partial charge is 0.293 e. The summed E-state index contributed by atoms with van der Waals surface area (Å²) < 4.78 is 0. The van der Waals surface area contributed by atoms with Crippen molar-refractivity contribution in [2.24, 2.45) is 5.92 Å². The van der Waals surface area contributed by atoms with Crippen molar-refractivity contribution in [2.45, 2.75) is 17.7 Å². The van der Waals surface area contributed by atoms with Crippen LogP contribution in [0.25, 0.3) is 0 Å². The minimum atomic E-state index is -0.0105. The molecule has 14 heavy (non-hydrogen) atoms. The number of ketones is 1. The molecule has 0 bridgehead atoms. The molecular formula is C11H10BrClO. The van der Waals surface area contributed by atoms with Crippen molar-refractivity contribution in [3.63, 3.8) is 0 Å². The Labute approximate surface area is 96.6 Å². The molecule has 3 heteroatoms. The zero-order valence-electron chi connectivity index (χ0n) is 7.54. The van der Waals surface area contributed by atoms with Crippen molar-refractivity contribution in [2.75, 3.05) is 0 Å². The van der Waals surface area contributed by atoms with Gasteiger partial charge in [0.05, 0.1) is 4.83 Å². The average Bonchev–Trinajstić information content (AvgIpc) is 3.00. The van der Waals surface area contributed by atoms with Crippen molar-refractivity contribution >= 4 is 33.3 Å². The summed E-state index contributed by atoms with van der Waals surface area (Å²) in [4.78, 5) is 11.8. The number of hydrogen-bond donors (Lipinski definition) is 0. The van der Waals surface area contributed by atoms with Gasteiger partial charge in [0.1, 0.15) is 0 Å². The molecule has 0 N–H and O–H groups in total. The molecule has 1 saturated carbocycles. The molecule has 1 nitrogen and oxygen atoms in total. The Morgan fingerprint density at radius 2 is 1.93 bits per heavy atom. The van der Waals surface area contributed by atoms with E-state index in [9.17, 15) is 4.79 Å². The van der Waals surface area contributed by atoms with E-state index in [0.29, 0.717) is 10.9 Å². The van der Waals surface area contributed by atoms with Crippen LogP contribution in [-0.2, 0) is 0 Å². The summed E-state index contributed by atoms with van der Waals surface area (Å²) >= 11 is 9.19. The lowest BCUT2D eigenvalue weighted by Gasteiger charge is -2.06. The minimum Gasteiger partial charge on any atom is -0.293 e. The molecule has 2 rings (SSSR count).